The van der Waals surface area contributed by atoms with Gasteiger partial charge in [-0.05, 0) is 0 Å². The third kappa shape index (κ3) is 2.06. The Morgan fingerprint density at radius 1 is 0.600 bits per heavy atom. The molecule has 0 bridgehead atoms. The first-order valence-electron chi connectivity index (χ1n) is 9.37. The molecule has 0 N–H and O–H groups in total. The van der Waals surface area contributed by atoms with Crippen LogP contribution >= 0.6 is 0 Å². The maximum absolute atomic E-state index is 13.0. The SMILES string of the molecule is C=C1N(C)C(=O)C2=C(N1C)N(C)/C(=C1\N(C)c3c(n(C)c(=O)n(C)c3=O)N1C)N2C. The average molecular weight is 414 g/mol. The highest BCUT2D eigenvalue weighted by molar-refractivity contribution is 5.97. The fraction of sp³-hybridized carbons (Fsp3) is 0.421. The molecule has 0 atom stereocenters. The van der Waals surface area contributed by atoms with Gasteiger partial charge in [0.2, 0.25) is 0 Å². The quantitative estimate of drug-likeness (QED) is 0.536. The van der Waals surface area contributed by atoms with E-state index >= 15 is 0 Å². The smallest absolute Gasteiger partial charge is 0.320 e. The summed E-state index contributed by atoms with van der Waals surface area (Å²) in [5.41, 5.74) is 0.137. The lowest BCUT2D eigenvalue weighted by Gasteiger charge is -2.36. The van der Waals surface area contributed by atoms with E-state index in [1.54, 1.807) is 33.1 Å². The van der Waals surface area contributed by atoms with Crippen LogP contribution in [-0.2, 0) is 18.9 Å². The molecule has 1 aromatic rings. The maximum atomic E-state index is 13.0. The Balaban J connectivity index is 1.96. The van der Waals surface area contributed by atoms with Crippen molar-refractivity contribution in [1.82, 2.24) is 28.7 Å². The van der Waals surface area contributed by atoms with Crippen LogP contribution in [0, 0.1) is 0 Å². The van der Waals surface area contributed by atoms with Crippen LogP contribution in [0.2, 0.25) is 0 Å². The molecule has 0 aromatic carbocycles. The first-order chi connectivity index (χ1) is 13.9. The summed E-state index contributed by atoms with van der Waals surface area (Å²) in [5, 5.41) is 0. The standard InChI is InChI=1S/C19H26N8O3/c1-10-20(2)13-11(17(28)21(10)3)22(4)15(24(13)6)16-23(5)12-14(25(16)7)26(8)19(30)27(9)18(12)29/h1H2,2-9H3/b16-15+. The average Bonchev–Trinajstić information content (AvgIpc) is 3.11. The van der Waals surface area contributed by atoms with Gasteiger partial charge >= 0.3 is 5.69 Å². The van der Waals surface area contributed by atoms with Gasteiger partial charge in [0, 0.05) is 56.4 Å². The second kappa shape index (κ2) is 5.94. The highest BCUT2D eigenvalue weighted by Gasteiger charge is 2.46. The number of nitrogens with zero attached hydrogens (tertiary/aromatic N) is 8. The number of rotatable bonds is 0. The van der Waals surface area contributed by atoms with Crippen molar-refractivity contribution < 1.29 is 4.79 Å². The van der Waals surface area contributed by atoms with Crippen LogP contribution in [0.5, 0.6) is 0 Å². The van der Waals surface area contributed by atoms with Crippen LogP contribution in [0.15, 0.2) is 45.1 Å². The zero-order valence-corrected chi connectivity index (χ0v) is 18.5. The highest BCUT2D eigenvalue weighted by Crippen LogP contribution is 2.43. The largest absolute Gasteiger partial charge is 0.332 e. The molecule has 30 heavy (non-hydrogen) atoms. The molecule has 4 rings (SSSR count). The highest BCUT2D eigenvalue weighted by atomic mass is 16.2. The molecule has 160 valence electrons. The Kier molecular flexibility index (Phi) is 3.90. The van der Waals surface area contributed by atoms with E-state index in [1.807, 2.05) is 40.7 Å². The third-order valence-electron chi connectivity index (χ3n) is 6.20. The number of fused-ring (bicyclic) bond motifs is 1. The summed E-state index contributed by atoms with van der Waals surface area (Å²) in [4.78, 5) is 49.1. The van der Waals surface area contributed by atoms with Gasteiger partial charge in [-0.3, -0.25) is 23.6 Å². The topological polar surface area (TPSA) is 80.5 Å². The summed E-state index contributed by atoms with van der Waals surface area (Å²) in [7, 11) is 13.9. The van der Waals surface area contributed by atoms with E-state index < -0.39 is 5.69 Å². The van der Waals surface area contributed by atoms with Crippen molar-refractivity contribution in [1.29, 1.82) is 0 Å². The van der Waals surface area contributed by atoms with E-state index in [-0.39, 0.29) is 11.5 Å². The van der Waals surface area contributed by atoms with Crippen LogP contribution < -0.4 is 21.0 Å². The molecule has 0 saturated heterocycles. The lowest BCUT2D eigenvalue weighted by Crippen LogP contribution is -2.43. The molecule has 0 spiro atoms. The third-order valence-corrected chi connectivity index (χ3v) is 6.20. The molecule has 11 heteroatoms. The van der Waals surface area contributed by atoms with Gasteiger partial charge in [-0.15, -0.1) is 0 Å². The summed E-state index contributed by atoms with van der Waals surface area (Å²) >= 11 is 0. The van der Waals surface area contributed by atoms with Crippen molar-refractivity contribution in [3.05, 3.63) is 56.4 Å². The van der Waals surface area contributed by atoms with Gasteiger partial charge in [0.05, 0.1) is 0 Å². The van der Waals surface area contributed by atoms with Crippen molar-refractivity contribution >= 4 is 17.4 Å². The van der Waals surface area contributed by atoms with Gasteiger partial charge in [0.25, 0.3) is 11.5 Å². The van der Waals surface area contributed by atoms with Gasteiger partial charge < -0.3 is 24.5 Å². The van der Waals surface area contributed by atoms with Crippen molar-refractivity contribution in [2.75, 3.05) is 52.1 Å². The molecule has 1 aromatic heterocycles. The molecule has 1 amide bonds. The van der Waals surface area contributed by atoms with E-state index in [0.29, 0.717) is 40.5 Å². The van der Waals surface area contributed by atoms with E-state index in [4.69, 9.17) is 0 Å². The van der Waals surface area contributed by atoms with Crippen LogP contribution in [0.25, 0.3) is 0 Å². The molecule has 0 aliphatic carbocycles. The molecule has 4 heterocycles. The molecule has 0 fully saturated rings. The summed E-state index contributed by atoms with van der Waals surface area (Å²) < 4.78 is 2.55. The number of hydrogen-bond donors (Lipinski definition) is 0. The zero-order valence-electron chi connectivity index (χ0n) is 18.5. The second-order valence-corrected chi connectivity index (χ2v) is 7.77. The summed E-state index contributed by atoms with van der Waals surface area (Å²) in [5.74, 6) is 2.99. The number of aromatic nitrogens is 2. The van der Waals surface area contributed by atoms with Gasteiger partial charge in [0.1, 0.15) is 17.5 Å². The van der Waals surface area contributed by atoms with Crippen molar-refractivity contribution in [2.45, 2.75) is 0 Å². The second-order valence-electron chi connectivity index (χ2n) is 7.77. The minimum Gasteiger partial charge on any atom is -0.320 e. The molecule has 0 saturated carbocycles. The molecule has 3 aliphatic rings. The van der Waals surface area contributed by atoms with E-state index in [0.717, 1.165) is 4.57 Å². The summed E-state index contributed by atoms with van der Waals surface area (Å²) in [6.07, 6.45) is 0. The van der Waals surface area contributed by atoms with Crippen LogP contribution in [0.3, 0.4) is 0 Å². The Morgan fingerprint density at radius 3 is 1.77 bits per heavy atom. The van der Waals surface area contributed by atoms with E-state index in [9.17, 15) is 14.4 Å². The zero-order chi connectivity index (χ0) is 22.4. The first-order valence-corrected chi connectivity index (χ1v) is 9.37. The molecule has 0 radical (unpaired) electrons. The lowest BCUT2D eigenvalue weighted by molar-refractivity contribution is -0.127. The molecule has 11 nitrogen and oxygen atoms in total. The number of likely N-dealkylation sites (N-methyl/N-ethyl adjacent to an activating group) is 2. The lowest BCUT2D eigenvalue weighted by atomic mass is 10.3. The fourth-order valence-corrected chi connectivity index (χ4v) is 4.51. The van der Waals surface area contributed by atoms with Crippen molar-refractivity contribution in [2.24, 2.45) is 14.1 Å². The van der Waals surface area contributed by atoms with Crippen molar-refractivity contribution in [3.8, 4) is 0 Å². The normalized spacial score (nSPS) is 21.5. The summed E-state index contributed by atoms with van der Waals surface area (Å²) in [6, 6.07) is 0. The predicted molar refractivity (Wildman–Crippen MR) is 113 cm³/mol. The molecular weight excluding hydrogens is 388 g/mol. The van der Waals surface area contributed by atoms with Gasteiger partial charge in [-0.25, -0.2) is 4.79 Å². The molecule has 3 aliphatic heterocycles. The Labute approximate surface area is 174 Å². The maximum Gasteiger partial charge on any atom is 0.332 e. The Hall–Kier alpha value is -3.63. The fourth-order valence-electron chi connectivity index (χ4n) is 4.51. The van der Waals surface area contributed by atoms with E-state index in [2.05, 4.69) is 6.58 Å². The number of amides is 1. The van der Waals surface area contributed by atoms with Gasteiger partial charge in [0.15, 0.2) is 23.0 Å². The molecule has 0 unspecified atom stereocenters. The number of hydrogen-bond acceptors (Lipinski definition) is 8. The minimum absolute atomic E-state index is 0.165. The Bertz CT molecular complexity index is 1200. The van der Waals surface area contributed by atoms with Crippen LogP contribution in [-0.4, -0.2) is 76.9 Å². The predicted octanol–water partition coefficient (Wildman–Crippen LogP) is -0.982. The van der Waals surface area contributed by atoms with Crippen LogP contribution in [0.1, 0.15) is 0 Å². The number of anilines is 2. The first kappa shape index (κ1) is 19.7. The summed E-state index contributed by atoms with van der Waals surface area (Å²) in [6.45, 7) is 4.01. The van der Waals surface area contributed by atoms with E-state index in [1.165, 1.54) is 16.5 Å². The van der Waals surface area contributed by atoms with Gasteiger partial charge in [-0.1, -0.05) is 6.58 Å². The number of carbonyl (C=O) groups excluding carboxylic acids is 1. The molecular formula is C19H26N8O3. The van der Waals surface area contributed by atoms with Crippen molar-refractivity contribution in [3.63, 3.8) is 0 Å². The monoisotopic (exact) mass is 414 g/mol. The van der Waals surface area contributed by atoms with Gasteiger partial charge in [-0.2, -0.15) is 0 Å². The minimum atomic E-state index is -0.399. The Morgan fingerprint density at radius 2 is 1.17 bits per heavy atom. The number of carbonyl (C=O) groups is 1. The van der Waals surface area contributed by atoms with Crippen LogP contribution in [0.4, 0.5) is 11.5 Å².